The summed E-state index contributed by atoms with van der Waals surface area (Å²) in [6, 6.07) is 16.9. The Kier molecular flexibility index (Phi) is 8.59. The molecule has 1 amide bonds. The number of hydrogen-bond donors (Lipinski definition) is 3. The van der Waals surface area contributed by atoms with E-state index in [4.69, 9.17) is 11.5 Å². The molecule has 0 aromatic heterocycles. The largest absolute Gasteiger partial charge is 0.384 e. The first-order chi connectivity index (χ1) is 14.0. The van der Waals surface area contributed by atoms with Crippen LogP contribution in [0, 0.1) is 0 Å². The summed E-state index contributed by atoms with van der Waals surface area (Å²) >= 11 is 0. The number of rotatable bonds is 9. The molecule has 0 unspecified atom stereocenters. The molecule has 7 heteroatoms. The van der Waals surface area contributed by atoms with Crippen molar-refractivity contribution in [1.82, 2.24) is 0 Å². The molecule has 0 saturated heterocycles. The minimum atomic E-state index is -0.393. The molecule has 29 heavy (non-hydrogen) atoms. The molecule has 2 rings (SSSR count). The van der Waals surface area contributed by atoms with Crippen molar-refractivity contribution in [3.63, 3.8) is 0 Å². The molecule has 5 N–H and O–H groups in total. The fraction of sp³-hybridized carbons (Fsp3) is 0.227. The Morgan fingerprint density at radius 1 is 1.14 bits per heavy atom. The maximum Gasteiger partial charge on any atom is 0.278 e. The highest BCUT2D eigenvalue weighted by Gasteiger charge is 2.08. The lowest BCUT2D eigenvalue weighted by Gasteiger charge is -2.19. The van der Waals surface area contributed by atoms with Gasteiger partial charge >= 0.3 is 0 Å². The van der Waals surface area contributed by atoms with Gasteiger partial charge in [-0.15, -0.1) is 0 Å². The quantitative estimate of drug-likeness (QED) is 0.449. The van der Waals surface area contributed by atoms with Crippen LogP contribution in [-0.2, 0) is 0 Å². The minimum absolute atomic E-state index is 0.141. The predicted molar refractivity (Wildman–Crippen MR) is 122 cm³/mol. The Morgan fingerprint density at radius 2 is 1.83 bits per heavy atom. The van der Waals surface area contributed by atoms with Crippen molar-refractivity contribution in [3.05, 3.63) is 71.9 Å². The molecule has 0 saturated carbocycles. The number of carbonyl (C=O) groups is 1. The van der Waals surface area contributed by atoms with Crippen molar-refractivity contribution < 1.29 is 4.79 Å². The Labute approximate surface area is 171 Å². The van der Waals surface area contributed by atoms with Gasteiger partial charge in [0, 0.05) is 36.2 Å². The predicted octanol–water partition coefficient (Wildman–Crippen LogP) is 3.01. The number of nitrogens with one attached hydrogen (secondary N) is 1. The van der Waals surface area contributed by atoms with Crippen LogP contribution in [0.5, 0.6) is 0 Å². The van der Waals surface area contributed by atoms with E-state index in [1.54, 1.807) is 31.6 Å². The number of allylic oxidation sites excluding steroid dienone is 1. The number of para-hydroxylation sites is 1. The second kappa shape index (κ2) is 11.4. The summed E-state index contributed by atoms with van der Waals surface area (Å²) in [6.07, 6.45) is 4.22. The molecular formula is C22H28N6O. The van der Waals surface area contributed by atoms with Crippen LogP contribution < -0.4 is 21.7 Å². The van der Waals surface area contributed by atoms with Gasteiger partial charge in [-0.2, -0.15) is 4.99 Å². The Bertz CT molecular complexity index is 872. The normalized spacial score (nSPS) is 12.2. The number of amidine groups is 1. The second-order valence-electron chi connectivity index (χ2n) is 6.42. The van der Waals surface area contributed by atoms with Crippen molar-refractivity contribution in [2.45, 2.75) is 13.3 Å². The van der Waals surface area contributed by atoms with Crippen molar-refractivity contribution in [3.8, 4) is 0 Å². The van der Waals surface area contributed by atoms with Crippen LogP contribution in [0.4, 0.5) is 11.4 Å². The zero-order valence-corrected chi connectivity index (χ0v) is 16.9. The molecule has 0 aliphatic carbocycles. The van der Waals surface area contributed by atoms with Crippen LogP contribution in [-0.4, -0.2) is 38.2 Å². The average Bonchev–Trinajstić information content (AvgIpc) is 2.71. The maximum absolute atomic E-state index is 12.4. The number of hydrogen-bond acceptors (Lipinski definition) is 4. The molecule has 0 fully saturated rings. The fourth-order valence-electron chi connectivity index (χ4n) is 2.67. The number of nitrogens with zero attached hydrogens (tertiary/aromatic N) is 3. The lowest BCUT2D eigenvalue weighted by molar-refractivity contribution is 0.100. The molecule has 0 aliphatic rings. The summed E-state index contributed by atoms with van der Waals surface area (Å²) in [5, 5.41) is 3.20. The van der Waals surface area contributed by atoms with Crippen molar-refractivity contribution in [2.75, 3.05) is 30.4 Å². The van der Waals surface area contributed by atoms with Crippen molar-refractivity contribution >= 4 is 29.5 Å². The fourth-order valence-corrected chi connectivity index (χ4v) is 2.67. The molecule has 0 radical (unpaired) electrons. The molecule has 0 spiro atoms. The molecule has 0 atom stereocenters. The molecule has 152 valence electrons. The van der Waals surface area contributed by atoms with Gasteiger partial charge in [0.25, 0.3) is 5.91 Å². The van der Waals surface area contributed by atoms with Crippen LogP contribution in [0.15, 0.2) is 76.4 Å². The number of carbonyl (C=O) groups excluding carboxylic acids is 1. The van der Waals surface area contributed by atoms with E-state index in [1.165, 1.54) is 0 Å². The zero-order chi connectivity index (χ0) is 21.1. The van der Waals surface area contributed by atoms with Crippen molar-refractivity contribution in [1.29, 1.82) is 0 Å². The third kappa shape index (κ3) is 7.23. The van der Waals surface area contributed by atoms with Gasteiger partial charge in [0.15, 0.2) is 0 Å². The summed E-state index contributed by atoms with van der Waals surface area (Å²) < 4.78 is 0. The van der Waals surface area contributed by atoms with Crippen LogP contribution in [0.1, 0.15) is 23.7 Å². The van der Waals surface area contributed by atoms with Crippen LogP contribution in [0.2, 0.25) is 0 Å². The van der Waals surface area contributed by atoms with Gasteiger partial charge in [0.1, 0.15) is 5.84 Å². The summed E-state index contributed by atoms with van der Waals surface area (Å²) in [4.78, 5) is 22.4. The number of anilines is 2. The van der Waals surface area contributed by atoms with Gasteiger partial charge in [0.05, 0.1) is 6.34 Å². The third-order valence-corrected chi connectivity index (χ3v) is 4.01. The van der Waals surface area contributed by atoms with E-state index < -0.39 is 5.91 Å². The minimum Gasteiger partial charge on any atom is -0.384 e. The molecule has 0 aliphatic heterocycles. The monoisotopic (exact) mass is 392 g/mol. The molecule has 0 bridgehead atoms. The Morgan fingerprint density at radius 3 is 2.45 bits per heavy atom. The molecule has 2 aromatic rings. The summed E-state index contributed by atoms with van der Waals surface area (Å²) in [6.45, 7) is 3.22. The third-order valence-electron chi connectivity index (χ3n) is 4.01. The van der Waals surface area contributed by atoms with Gasteiger partial charge in [-0.3, -0.25) is 9.79 Å². The molecular weight excluding hydrogens is 364 g/mol. The number of nitrogens with two attached hydrogens (primary N) is 2. The lowest BCUT2D eigenvalue weighted by atomic mass is 10.2. The number of benzene rings is 2. The second-order valence-corrected chi connectivity index (χ2v) is 6.42. The Hall–Kier alpha value is -3.45. The van der Waals surface area contributed by atoms with E-state index in [9.17, 15) is 4.79 Å². The zero-order valence-electron chi connectivity index (χ0n) is 16.9. The summed E-state index contributed by atoms with van der Waals surface area (Å²) in [5.74, 6) is -0.252. The van der Waals surface area contributed by atoms with E-state index >= 15 is 0 Å². The highest BCUT2D eigenvalue weighted by Crippen LogP contribution is 2.15. The van der Waals surface area contributed by atoms with Gasteiger partial charge in [-0.05, 0) is 62.4 Å². The van der Waals surface area contributed by atoms with E-state index in [0.717, 1.165) is 30.0 Å². The topological polar surface area (TPSA) is 109 Å². The highest BCUT2D eigenvalue weighted by atomic mass is 16.1. The van der Waals surface area contributed by atoms with E-state index in [1.807, 2.05) is 54.3 Å². The first-order valence-corrected chi connectivity index (χ1v) is 9.41. The molecule has 7 nitrogen and oxygen atoms in total. The van der Waals surface area contributed by atoms with Crippen LogP contribution >= 0.6 is 0 Å². The van der Waals surface area contributed by atoms with Gasteiger partial charge in [-0.1, -0.05) is 18.2 Å². The standard InChI is InChI=1S/C22H28N6O/c1-17(26-19-7-4-3-5-8-19)15-21(24)27-22(29)18-9-11-20(12-10-18)28(16-25-2)14-6-13-23/h3-5,7-12,15-16,26H,6,13-14,23H2,1-2H3,(H2,24,27,29)/b17-15-,25-16?. The Balaban J connectivity index is 2.06. The smallest absolute Gasteiger partial charge is 0.278 e. The van der Waals surface area contributed by atoms with Gasteiger partial charge < -0.3 is 21.7 Å². The number of amides is 1. The highest BCUT2D eigenvalue weighted by molar-refractivity contribution is 6.06. The van der Waals surface area contributed by atoms with Gasteiger partial charge in [-0.25, -0.2) is 0 Å². The van der Waals surface area contributed by atoms with E-state index in [-0.39, 0.29) is 5.84 Å². The summed E-state index contributed by atoms with van der Waals surface area (Å²) in [5.41, 5.74) is 14.6. The van der Waals surface area contributed by atoms with E-state index in [0.29, 0.717) is 12.1 Å². The number of aliphatic imine (C=N–C) groups is 2. The SMILES string of the molecule is CN=CN(CCCN)c1ccc(C(=O)N=C(N)/C=C(/C)Nc2ccccc2)cc1. The van der Waals surface area contributed by atoms with Crippen LogP contribution in [0.3, 0.4) is 0 Å². The lowest BCUT2D eigenvalue weighted by Crippen LogP contribution is -2.24. The first kappa shape index (κ1) is 21.8. The maximum atomic E-state index is 12.4. The average molecular weight is 393 g/mol. The molecule has 2 aromatic carbocycles. The first-order valence-electron chi connectivity index (χ1n) is 9.41. The van der Waals surface area contributed by atoms with Crippen molar-refractivity contribution in [2.24, 2.45) is 21.5 Å². The van der Waals surface area contributed by atoms with E-state index in [2.05, 4.69) is 15.3 Å². The summed E-state index contributed by atoms with van der Waals surface area (Å²) in [7, 11) is 1.72. The van der Waals surface area contributed by atoms with Crippen LogP contribution in [0.25, 0.3) is 0 Å². The van der Waals surface area contributed by atoms with Gasteiger partial charge in [0.2, 0.25) is 0 Å². The molecule has 0 heterocycles.